The van der Waals surface area contributed by atoms with Crippen molar-refractivity contribution in [2.75, 3.05) is 33.9 Å². The number of H-pyrrole nitrogens is 1. The highest BCUT2D eigenvalue weighted by molar-refractivity contribution is 14.0. The molecule has 0 fully saturated rings. The van der Waals surface area contributed by atoms with E-state index in [1.807, 2.05) is 18.2 Å². The number of rotatable bonds is 9. The van der Waals surface area contributed by atoms with E-state index in [0.717, 1.165) is 30.2 Å². The number of hydrogen-bond donors (Lipinski definition) is 3. The molecule has 0 spiro atoms. The van der Waals surface area contributed by atoms with Crippen molar-refractivity contribution in [1.82, 2.24) is 15.6 Å². The standard InChI is InChI=1S/C23H30N4O2.HI/c1-17-7-8-21-19(16-26-22(21)13-17)9-10-25-23(24-2)27-15-18-5-4-6-20(14-18)29-12-11-28-3;/h4-8,13-14,16,26H,9-12,15H2,1-3H3,(H2,24,25,27);1H. The highest BCUT2D eigenvalue weighted by Crippen LogP contribution is 2.19. The van der Waals surface area contributed by atoms with Crippen LogP contribution in [0.4, 0.5) is 0 Å². The lowest BCUT2D eigenvalue weighted by molar-refractivity contribution is 0.146. The number of aliphatic imine (C=N–C) groups is 1. The minimum atomic E-state index is 0. The average Bonchev–Trinajstić information content (AvgIpc) is 3.13. The molecule has 30 heavy (non-hydrogen) atoms. The first-order chi connectivity index (χ1) is 14.2. The van der Waals surface area contributed by atoms with Gasteiger partial charge in [0.2, 0.25) is 0 Å². The number of aryl methyl sites for hydroxylation is 1. The van der Waals surface area contributed by atoms with Crippen LogP contribution in [-0.4, -0.2) is 44.9 Å². The fraction of sp³-hybridized carbons (Fsp3) is 0.348. The van der Waals surface area contributed by atoms with E-state index in [9.17, 15) is 0 Å². The second-order valence-electron chi connectivity index (χ2n) is 6.95. The molecule has 2 aromatic carbocycles. The fourth-order valence-corrected chi connectivity index (χ4v) is 3.22. The summed E-state index contributed by atoms with van der Waals surface area (Å²) in [7, 11) is 3.45. The third kappa shape index (κ3) is 6.91. The molecule has 0 amide bonds. The molecule has 3 rings (SSSR count). The molecular weight excluding hydrogens is 491 g/mol. The van der Waals surface area contributed by atoms with Gasteiger partial charge in [0.05, 0.1) is 6.61 Å². The van der Waals surface area contributed by atoms with Crippen LogP contribution in [0.5, 0.6) is 5.75 Å². The van der Waals surface area contributed by atoms with Crippen molar-refractivity contribution < 1.29 is 9.47 Å². The number of nitrogens with one attached hydrogen (secondary N) is 3. The van der Waals surface area contributed by atoms with Crippen molar-refractivity contribution >= 4 is 40.8 Å². The number of halogens is 1. The van der Waals surface area contributed by atoms with Crippen LogP contribution in [0.1, 0.15) is 16.7 Å². The largest absolute Gasteiger partial charge is 0.491 e. The molecule has 0 aliphatic carbocycles. The van der Waals surface area contributed by atoms with Crippen LogP contribution in [0, 0.1) is 6.92 Å². The second kappa shape index (κ2) is 12.4. The Morgan fingerprint density at radius 2 is 1.97 bits per heavy atom. The summed E-state index contributed by atoms with van der Waals surface area (Å²) in [6.07, 6.45) is 3.02. The summed E-state index contributed by atoms with van der Waals surface area (Å²) >= 11 is 0. The summed E-state index contributed by atoms with van der Waals surface area (Å²) in [5, 5.41) is 8.03. The molecule has 0 unspecified atom stereocenters. The molecule has 0 saturated heterocycles. The van der Waals surface area contributed by atoms with Gasteiger partial charge in [0.15, 0.2) is 5.96 Å². The Hall–Kier alpha value is -2.26. The summed E-state index contributed by atoms with van der Waals surface area (Å²) < 4.78 is 10.7. The average molecular weight is 522 g/mol. The maximum absolute atomic E-state index is 5.67. The number of benzene rings is 2. The van der Waals surface area contributed by atoms with Gasteiger partial charge in [0.1, 0.15) is 12.4 Å². The lowest BCUT2D eigenvalue weighted by Crippen LogP contribution is -2.37. The molecule has 3 N–H and O–H groups in total. The number of methoxy groups -OCH3 is 1. The fourth-order valence-electron chi connectivity index (χ4n) is 3.22. The monoisotopic (exact) mass is 522 g/mol. The van der Waals surface area contributed by atoms with Crippen LogP contribution < -0.4 is 15.4 Å². The Morgan fingerprint density at radius 1 is 1.10 bits per heavy atom. The predicted octanol–water partition coefficient (Wildman–Crippen LogP) is 4.03. The van der Waals surface area contributed by atoms with Gasteiger partial charge in [-0.25, -0.2) is 0 Å². The Labute approximate surface area is 195 Å². The summed E-state index contributed by atoms with van der Waals surface area (Å²) in [5.74, 6) is 1.63. The highest BCUT2D eigenvalue weighted by Gasteiger charge is 2.05. The van der Waals surface area contributed by atoms with E-state index in [1.165, 1.54) is 22.0 Å². The van der Waals surface area contributed by atoms with Crippen LogP contribution in [0.15, 0.2) is 53.7 Å². The van der Waals surface area contributed by atoms with Gasteiger partial charge >= 0.3 is 0 Å². The molecule has 6 nitrogen and oxygen atoms in total. The summed E-state index contributed by atoms with van der Waals surface area (Å²) in [4.78, 5) is 7.68. The van der Waals surface area contributed by atoms with Crippen LogP contribution in [0.25, 0.3) is 10.9 Å². The molecule has 3 aromatic rings. The maximum atomic E-state index is 5.67. The van der Waals surface area contributed by atoms with Crippen LogP contribution in [-0.2, 0) is 17.7 Å². The van der Waals surface area contributed by atoms with E-state index < -0.39 is 0 Å². The third-order valence-corrected chi connectivity index (χ3v) is 4.75. The quantitative estimate of drug-likeness (QED) is 0.172. The van der Waals surface area contributed by atoms with Gasteiger partial charge in [-0.3, -0.25) is 4.99 Å². The molecule has 0 radical (unpaired) electrons. The molecule has 0 saturated carbocycles. The van der Waals surface area contributed by atoms with Crippen molar-refractivity contribution in [3.05, 3.63) is 65.4 Å². The maximum Gasteiger partial charge on any atom is 0.191 e. The molecule has 0 aliphatic heterocycles. The van der Waals surface area contributed by atoms with Gasteiger partial charge in [-0.1, -0.05) is 24.3 Å². The topological polar surface area (TPSA) is 70.7 Å². The number of ether oxygens (including phenoxy) is 2. The van der Waals surface area contributed by atoms with E-state index in [0.29, 0.717) is 19.8 Å². The second-order valence-corrected chi connectivity index (χ2v) is 6.95. The van der Waals surface area contributed by atoms with Crippen molar-refractivity contribution in [2.45, 2.75) is 19.9 Å². The summed E-state index contributed by atoms with van der Waals surface area (Å²) in [6.45, 7) is 4.71. The molecular formula is C23H31IN4O2. The number of nitrogens with zero attached hydrogens (tertiary/aromatic N) is 1. The Kier molecular flexibility index (Phi) is 9.96. The zero-order valence-electron chi connectivity index (χ0n) is 17.8. The van der Waals surface area contributed by atoms with Crippen LogP contribution in [0.2, 0.25) is 0 Å². The Bertz CT molecular complexity index is 955. The first kappa shape index (κ1) is 24.0. The third-order valence-electron chi connectivity index (χ3n) is 4.75. The van der Waals surface area contributed by atoms with Crippen LogP contribution >= 0.6 is 24.0 Å². The molecule has 1 aromatic heterocycles. The SMILES string of the molecule is CN=C(NCCc1c[nH]c2cc(C)ccc12)NCc1cccc(OCCOC)c1.I. The van der Waals surface area contributed by atoms with Crippen molar-refractivity contribution in [1.29, 1.82) is 0 Å². The first-order valence-electron chi connectivity index (χ1n) is 9.91. The number of hydrogen-bond acceptors (Lipinski definition) is 3. The minimum absolute atomic E-state index is 0. The van der Waals surface area contributed by atoms with E-state index in [-0.39, 0.29) is 24.0 Å². The lowest BCUT2D eigenvalue weighted by Gasteiger charge is -2.13. The van der Waals surface area contributed by atoms with E-state index >= 15 is 0 Å². The van der Waals surface area contributed by atoms with Gasteiger partial charge in [0.25, 0.3) is 0 Å². The zero-order valence-corrected chi connectivity index (χ0v) is 20.2. The van der Waals surface area contributed by atoms with Gasteiger partial charge in [-0.05, 0) is 48.2 Å². The smallest absolute Gasteiger partial charge is 0.191 e. The summed E-state index contributed by atoms with van der Waals surface area (Å²) in [6, 6.07) is 14.6. The Morgan fingerprint density at radius 3 is 2.77 bits per heavy atom. The normalized spacial score (nSPS) is 11.2. The molecule has 0 bridgehead atoms. The van der Waals surface area contributed by atoms with Gasteiger partial charge in [0, 0.05) is 44.3 Å². The Balaban J connectivity index is 0.00000320. The summed E-state index contributed by atoms with van der Waals surface area (Å²) in [5.41, 5.74) is 4.90. The number of aromatic amines is 1. The van der Waals surface area contributed by atoms with E-state index in [4.69, 9.17) is 9.47 Å². The molecule has 162 valence electrons. The van der Waals surface area contributed by atoms with Crippen LogP contribution in [0.3, 0.4) is 0 Å². The van der Waals surface area contributed by atoms with Gasteiger partial charge in [-0.15, -0.1) is 24.0 Å². The van der Waals surface area contributed by atoms with E-state index in [2.05, 4.69) is 58.0 Å². The molecule has 0 atom stereocenters. The number of aromatic nitrogens is 1. The highest BCUT2D eigenvalue weighted by atomic mass is 127. The number of guanidine groups is 1. The number of fused-ring (bicyclic) bond motifs is 1. The first-order valence-corrected chi connectivity index (χ1v) is 9.91. The minimum Gasteiger partial charge on any atom is -0.491 e. The molecule has 1 heterocycles. The van der Waals surface area contributed by atoms with Gasteiger partial charge < -0.3 is 25.1 Å². The van der Waals surface area contributed by atoms with Gasteiger partial charge in [-0.2, -0.15) is 0 Å². The van der Waals surface area contributed by atoms with Crippen molar-refractivity contribution in [2.24, 2.45) is 4.99 Å². The molecule has 7 heteroatoms. The zero-order chi connectivity index (χ0) is 20.5. The lowest BCUT2D eigenvalue weighted by atomic mass is 10.1. The van der Waals surface area contributed by atoms with Crippen molar-refractivity contribution in [3.8, 4) is 5.75 Å². The van der Waals surface area contributed by atoms with E-state index in [1.54, 1.807) is 14.2 Å². The predicted molar refractivity (Wildman–Crippen MR) is 134 cm³/mol. The molecule has 0 aliphatic rings. The van der Waals surface area contributed by atoms with Crippen molar-refractivity contribution in [3.63, 3.8) is 0 Å².